The second kappa shape index (κ2) is 6.34. The van der Waals surface area contributed by atoms with Crippen molar-refractivity contribution in [3.63, 3.8) is 0 Å². The van der Waals surface area contributed by atoms with Crippen LogP contribution in [0.4, 0.5) is 0 Å². The van der Waals surface area contributed by atoms with Crippen molar-refractivity contribution in [2.45, 2.75) is 6.04 Å². The Hall–Kier alpha value is -2.65. The Morgan fingerprint density at radius 1 is 0.720 bits per heavy atom. The third kappa shape index (κ3) is 3.28. The van der Waals surface area contributed by atoms with Crippen LogP contribution in [-0.2, 0) is 19.5 Å². The molecule has 0 radical (unpaired) electrons. The van der Waals surface area contributed by atoms with E-state index in [9.17, 15) is 0 Å². The van der Waals surface area contributed by atoms with Gasteiger partial charge in [-0.05, 0) is 66.8 Å². The molecule has 0 saturated carbocycles. The maximum atomic E-state index is 4.68. The third-order valence-electron chi connectivity index (χ3n) is 4.10. The summed E-state index contributed by atoms with van der Waals surface area (Å²) in [5.41, 5.74) is 4.67. The zero-order valence-electron chi connectivity index (χ0n) is 13.6. The first-order chi connectivity index (χ1) is 11.8. The van der Waals surface area contributed by atoms with E-state index in [1.165, 1.54) is 0 Å². The predicted octanol–water partition coefficient (Wildman–Crippen LogP) is 1.76. The number of fused-ring (bicyclic) bond motifs is 5. The van der Waals surface area contributed by atoms with Gasteiger partial charge in [0, 0.05) is 10.7 Å². The summed E-state index contributed by atoms with van der Waals surface area (Å²) in [5, 5.41) is 2.05. The summed E-state index contributed by atoms with van der Waals surface area (Å²) in [6.07, 6.45) is 20.3. The second-order valence-corrected chi connectivity index (χ2v) is 5.96. The van der Waals surface area contributed by atoms with Gasteiger partial charge in [-0.1, -0.05) is 6.08 Å². The predicted molar refractivity (Wildman–Crippen MR) is 98.7 cm³/mol. The van der Waals surface area contributed by atoms with Crippen LogP contribution in [0.25, 0.3) is 12.2 Å². The molecule has 0 aromatic carbocycles. The van der Waals surface area contributed by atoms with Gasteiger partial charge in [0.2, 0.25) is 0 Å². The summed E-state index contributed by atoms with van der Waals surface area (Å²) in [6.45, 7) is 0. The van der Waals surface area contributed by atoms with E-state index < -0.39 is 0 Å². The van der Waals surface area contributed by atoms with Crippen LogP contribution < -0.4 is 10.7 Å². The smallest absolute Gasteiger partial charge is 0.355 e. The van der Waals surface area contributed by atoms with Gasteiger partial charge in [-0.3, -0.25) is 4.99 Å². The van der Waals surface area contributed by atoms with Crippen LogP contribution >= 0.6 is 0 Å². The van der Waals surface area contributed by atoms with Gasteiger partial charge in [-0.2, -0.15) is 0 Å². The maximum absolute atomic E-state index is 4.68. The molecule has 5 rings (SSSR count). The molecule has 0 fully saturated rings. The Bertz CT molecular complexity index is 1100. The quantitative estimate of drug-likeness (QED) is 0.672. The number of aliphatic imine (C=N–C) groups is 3. The molecule has 8 bridgehead atoms. The molecule has 1 aromatic rings. The summed E-state index contributed by atoms with van der Waals surface area (Å²) in [6, 6.07) is 4.13. The Morgan fingerprint density at radius 3 is 2.16 bits per heavy atom. The normalized spacial score (nSPS) is 22.2. The summed E-state index contributed by atoms with van der Waals surface area (Å²) in [4.78, 5) is 17.3. The summed E-state index contributed by atoms with van der Waals surface area (Å²) in [5.74, 6) is 0. The van der Waals surface area contributed by atoms with Crippen LogP contribution in [0.15, 0.2) is 87.1 Å². The van der Waals surface area contributed by atoms with E-state index in [2.05, 4.69) is 32.1 Å². The van der Waals surface area contributed by atoms with E-state index in [0.29, 0.717) is 0 Å². The largest absolute Gasteiger partial charge is 2.00 e. The third-order valence-corrected chi connectivity index (χ3v) is 4.10. The molecule has 1 aromatic heterocycles. The van der Waals surface area contributed by atoms with Gasteiger partial charge in [-0.25, -0.2) is 9.98 Å². The fraction of sp³-hybridized carbons (Fsp3) is 0.0500. The number of aromatic amines is 1. The van der Waals surface area contributed by atoms with E-state index >= 15 is 0 Å². The summed E-state index contributed by atoms with van der Waals surface area (Å²) in [7, 11) is 0. The first-order valence-electron chi connectivity index (χ1n) is 7.92. The molecule has 5 heterocycles. The molecule has 4 aliphatic rings. The zero-order chi connectivity index (χ0) is 15.9. The van der Waals surface area contributed by atoms with Gasteiger partial charge >= 0.3 is 19.5 Å². The molecular formula is C20H14N4Zn+2. The van der Waals surface area contributed by atoms with E-state index in [0.717, 1.165) is 39.2 Å². The molecule has 1 atom stereocenters. The SMILES string of the molecule is C1=CC2=NC1=CC1=NC(C=C1)C=C1C=CC(=N1)C=c1ccc([nH]1)=C2.[Zn+2]. The van der Waals surface area contributed by atoms with Crippen LogP contribution in [0.2, 0.25) is 0 Å². The van der Waals surface area contributed by atoms with Crippen molar-refractivity contribution in [3.05, 3.63) is 82.8 Å². The Balaban J connectivity index is 0.00000157. The summed E-state index contributed by atoms with van der Waals surface area (Å²) >= 11 is 0. The van der Waals surface area contributed by atoms with Crippen LogP contribution in [0, 0.1) is 0 Å². The van der Waals surface area contributed by atoms with Crippen molar-refractivity contribution in [1.29, 1.82) is 0 Å². The Morgan fingerprint density at radius 2 is 1.40 bits per heavy atom. The average molecular weight is 376 g/mol. The maximum Gasteiger partial charge on any atom is 2.00 e. The van der Waals surface area contributed by atoms with Gasteiger partial charge in [0.1, 0.15) is 0 Å². The minimum atomic E-state index is 0. The molecule has 1 N–H and O–H groups in total. The number of nitrogens with one attached hydrogen (secondary N) is 1. The fourth-order valence-electron chi connectivity index (χ4n) is 3.00. The number of aromatic nitrogens is 1. The van der Waals surface area contributed by atoms with Crippen LogP contribution in [0.1, 0.15) is 0 Å². The van der Waals surface area contributed by atoms with Crippen LogP contribution in [0.5, 0.6) is 0 Å². The first-order valence-corrected chi connectivity index (χ1v) is 7.92. The standard InChI is InChI=1S/C20H14N4.Zn/c1-2-14-10-16-5-6-18(23-16)12-20-8-7-19(24-20)11-17-4-3-15(22-17)9-13(1)21-14;/h1-13,24H;/q;+2. The van der Waals surface area contributed by atoms with Crippen molar-refractivity contribution < 1.29 is 19.5 Å². The van der Waals surface area contributed by atoms with Crippen molar-refractivity contribution >= 4 is 29.3 Å². The molecule has 0 amide bonds. The second-order valence-electron chi connectivity index (χ2n) is 5.96. The first kappa shape index (κ1) is 15.9. The van der Waals surface area contributed by atoms with Crippen molar-refractivity contribution in [1.82, 2.24) is 4.98 Å². The van der Waals surface area contributed by atoms with Gasteiger partial charge in [-0.15, -0.1) is 0 Å². The van der Waals surface area contributed by atoms with E-state index in [4.69, 9.17) is 0 Å². The van der Waals surface area contributed by atoms with Gasteiger partial charge in [0.25, 0.3) is 0 Å². The molecular weight excluding hydrogens is 362 g/mol. The van der Waals surface area contributed by atoms with E-state index in [-0.39, 0.29) is 25.5 Å². The van der Waals surface area contributed by atoms with Crippen molar-refractivity contribution in [2.75, 3.05) is 0 Å². The molecule has 4 aliphatic heterocycles. The topological polar surface area (TPSA) is 52.9 Å². The number of H-pyrrole nitrogens is 1. The number of hydrogen-bond acceptors (Lipinski definition) is 3. The number of rotatable bonds is 0. The monoisotopic (exact) mass is 374 g/mol. The molecule has 25 heavy (non-hydrogen) atoms. The van der Waals surface area contributed by atoms with Crippen molar-refractivity contribution in [3.8, 4) is 0 Å². The molecule has 0 saturated heterocycles. The van der Waals surface area contributed by atoms with Gasteiger partial charge < -0.3 is 4.98 Å². The fourth-order valence-corrected chi connectivity index (χ4v) is 3.00. The molecule has 0 spiro atoms. The Labute approximate surface area is 157 Å². The number of hydrogen-bond donors (Lipinski definition) is 1. The molecule has 0 aliphatic carbocycles. The summed E-state index contributed by atoms with van der Waals surface area (Å²) < 4.78 is 0. The molecule has 114 valence electrons. The average Bonchev–Trinajstić information content (AvgIpc) is 3.32. The number of allylic oxidation sites excluding steroid dienone is 6. The molecule has 5 heteroatoms. The van der Waals surface area contributed by atoms with E-state index in [1.54, 1.807) is 0 Å². The molecule has 4 nitrogen and oxygen atoms in total. The van der Waals surface area contributed by atoms with E-state index in [1.807, 2.05) is 60.7 Å². The zero-order valence-corrected chi connectivity index (χ0v) is 16.5. The van der Waals surface area contributed by atoms with Gasteiger partial charge in [0.05, 0.1) is 34.6 Å². The molecule has 1 unspecified atom stereocenters. The van der Waals surface area contributed by atoms with Crippen molar-refractivity contribution in [2.24, 2.45) is 15.0 Å². The van der Waals surface area contributed by atoms with Crippen LogP contribution in [0.3, 0.4) is 0 Å². The van der Waals surface area contributed by atoms with Gasteiger partial charge in [0.15, 0.2) is 0 Å². The minimum Gasteiger partial charge on any atom is -0.355 e. The minimum absolute atomic E-state index is 0. The number of nitrogens with zero attached hydrogens (tertiary/aromatic N) is 3. The van der Waals surface area contributed by atoms with Crippen LogP contribution in [-0.4, -0.2) is 28.2 Å². The Kier molecular flexibility index (Phi) is 4.02.